The molecule has 3 rings (SSSR count). The zero-order valence-electron chi connectivity index (χ0n) is 9.76. The van der Waals surface area contributed by atoms with Crippen molar-refractivity contribution in [3.8, 4) is 11.3 Å². The van der Waals surface area contributed by atoms with Gasteiger partial charge in [-0.2, -0.15) is 0 Å². The van der Waals surface area contributed by atoms with Gasteiger partial charge < -0.3 is 5.73 Å². The molecule has 18 heavy (non-hydrogen) atoms. The van der Waals surface area contributed by atoms with Crippen LogP contribution in [0.2, 0.25) is 0 Å². The van der Waals surface area contributed by atoms with Crippen LogP contribution >= 0.6 is 15.9 Å². The average Bonchev–Trinajstić information content (AvgIpc) is 2.69. The third kappa shape index (κ3) is 1.67. The average molecular weight is 303 g/mol. The summed E-state index contributed by atoms with van der Waals surface area (Å²) in [6.07, 6.45) is 5.43. The van der Waals surface area contributed by atoms with E-state index in [1.54, 1.807) is 12.4 Å². The van der Waals surface area contributed by atoms with E-state index in [2.05, 4.69) is 25.9 Å². The molecular weight excluding hydrogens is 292 g/mol. The van der Waals surface area contributed by atoms with Crippen molar-refractivity contribution in [1.82, 2.24) is 14.4 Å². The fourth-order valence-corrected chi connectivity index (χ4v) is 2.21. The topological polar surface area (TPSA) is 56.2 Å². The van der Waals surface area contributed by atoms with Crippen molar-refractivity contribution in [3.05, 3.63) is 46.8 Å². The molecule has 5 heteroatoms. The monoisotopic (exact) mass is 302 g/mol. The SMILES string of the molecule is Cc1cc2nc(-c3cccnc3)c(N)n2cc1Br. The van der Waals surface area contributed by atoms with Crippen molar-refractivity contribution < 1.29 is 0 Å². The summed E-state index contributed by atoms with van der Waals surface area (Å²) in [7, 11) is 0. The molecule has 2 N–H and O–H groups in total. The standard InChI is InChI=1S/C13H11BrN4/c1-8-5-11-17-12(9-3-2-4-16-6-9)13(15)18(11)7-10(8)14/h2-7H,15H2,1H3. The number of fused-ring (bicyclic) bond motifs is 1. The van der Waals surface area contributed by atoms with E-state index in [4.69, 9.17) is 5.73 Å². The van der Waals surface area contributed by atoms with Crippen LogP contribution in [0.25, 0.3) is 16.9 Å². The number of hydrogen-bond donors (Lipinski definition) is 1. The second kappa shape index (κ2) is 4.10. The second-order valence-corrected chi connectivity index (χ2v) is 4.97. The molecule has 3 heterocycles. The lowest BCUT2D eigenvalue weighted by Gasteiger charge is -2.01. The smallest absolute Gasteiger partial charge is 0.139 e. The van der Waals surface area contributed by atoms with E-state index in [1.165, 1.54) is 0 Å². The highest BCUT2D eigenvalue weighted by atomic mass is 79.9. The lowest BCUT2D eigenvalue weighted by atomic mass is 10.2. The zero-order valence-corrected chi connectivity index (χ0v) is 11.3. The summed E-state index contributed by atoms with van der Waals surface area (Å²) in [6, 6.07) is 5.83. The van der Waals surface area contributed by atoms with E-state index < -0.39 is 0 Å². The molecular formula is C13H11BrN4. The number of aromatic nitrogens is 3. The third-order valence-electron chi connectivity index (χ3n) is 2.88. The molecule has 0 saturated heterocycles. The Labute approximate surface area is 113 Å². The number of imidazole rings is 1. The number of nitrogen functional groups attached to an aromatic ring is 1. The Hall–Kier alpha value is -1.88. The molecule has 4 nitrogen and oxygen atoms in total. The van der Waals surface area contributed by atoms with E-state index in [1.807, 2.05) is 35.7 Å². The van der Waals surface area contributed by atoms with E-state index in [0.717, 1.165) is 26.9 Å². The maximum atomic E-state index is 6.14. The van der Waals surface area contributed by atoms with Crippen molar-refractivity contribution in [3.63, 3.8) is 0 Å². The maximum absolute atomic E-state index is 6.14. The van der Waals surface area contributed by atoms with Crippen molar-refractivity contribution in [2.75, 3.05) is 5.73 Å². The van der Waals surface area contributed by atoms with Gasteiger partial charge in [0.05, 0.1) is 0 Å². The van der Waals surface area contributed by atoms with E-state index in [-0.39, 0.29) is 0 Å². The highest BCUT2D eigenvalue weighted by molar-refractivity contribution is 9.10. The first-order valence-electron chi connectivity index (χ1n) is 5.51. The van der Waals surface area contributed by atoms with Crippen LogP contribution in [0.5, 0.6) is 0 Å². The highest BCUT2D eigenvalue weighted by Gasteiger charge is 2.12. The van der Waals surface area contributed by atoms with E-state index >= 15 is 0 Å². The summed E-state index contributed by atoms with van der Waals surface area (Å²) in [6.45, 7) is 2.03. The van der Waals surface area contributed by atoms with Crippen LogP contribution in [0, 0.1) is 6.92 Å². The molecule has 0 unspecified atom stereocenters. The van der Waals surface area contributed by atoms with Gasteiger partial charge in [0.2, 0.25) is 0 Å². The Morgan fingerprint density at radius 3 is 2.94 bits per heavy atom. The summed E-state index contributed by atoms with van der Waals surface area (Å²) in [4.78, 5) is 8.65. The van der Waals surface area contributed by atoms with Gasteiger partial charge in [-0.25, -0.2) is 4.98 Å². The molecule has 0 aliphatic heterocycles. The number of anilines is 1. The molecule has 0 amide bonds. The van der Waals surface area contributed by atoms with E-state index in [0.29, 0.717) is 5.82 Å². The number of hydrogen-bond acceptors (Lipinski definition) is 3. The van der Waals surface area contributed by atoms with Gasteiger partial charge in [0.25, 0.3) is 0 Å². The van der Waals surface area contributed by atoms with Gasteiger partial charge >= 0.3 is 0 Å². The Bertz CT molecular complexity index is 719. The summed E-state index contributed by atoms with van der Waals surface area (Å²) in [5.41, 5.74) is 9.80. The Morgan fingerprint density at radius 1 is 1.39 bits per heavy atom. The zero-order chi connectivity index (χ0) is 12.7. The number of aryl methyl sites for hydroxylation is 1. The summed E-state index contributed by atoms with van der Waals surface area (Å²) >= 11 is 3.50. The molecule has 90 valence electrons. The van der Waals surface area contributed by atoms with E-state index in [9.17, 15) is 0 Å². The molecule has 0 atom stereocenters. The van der Waals surface area contributed by atoms with Gasteiger partial charge in [-0.05, 0) is 46.6 Å². The number of halogens is 1. The normalized spacial score (nSPS) is 11.0. The van der Waals surface area contributed by atoms with Gasteiger partial charge in [0.1, 0.15) is 17.2 Å². The summed E-state index contributed by atoms with van der Waals surface area (Å²) in [5, 5.41) is 0. The molecule has 0 spiro atoms. The van der Waals surface area contributed by atoms with Crippen LogP contribution in [0.4, 0.5) is 5.82 Å². The minimum Gasteiger partial charge on any atom is -0.383 e. The molecule has 0 aliphatic rings. The van der Waals surface area contributed by atoms with Crippen LogP contribution < -0.4 is 5.73 Å². The van der Waals surface area contributed by atoms with Crippen molar-refractivity contribution >= 4 is 27.4 Å². The molecule has 3 aromatic heterocycles. The van der Waals surface area contributed by atoms with Crippen LogP contribution in [0.3, 0.4) is 0 Å². The van der Waals surface area contributed by atoms with Gasteiger partial charge in [0, 0.05) is 28.6 Å². The third-order valence-corrected chi connectivity index (χ3v) is 3.71. The number of nitrogens with zero attached hydrogens (tertiary/aromatic N) is 3. The second-order valence-electron chi connectivity index (χ2n) is 4.12. The van der Waals surface area contributed by atoms with Crippen molar-refractivity contribution in [1.29, 1.82) is 0 Å². The fourth-order valence-electron chi connectivity index (χ4n) is 1.89. The lowest BCUT2D eigenvalue weighted by Crippen LogP contribution is -1.95. The highest BCUT2D eigenvalue weighted by Crippen LogP contribution is 2.28. The molecule has 0 bridgehead atoms. The van der Waals surface area contributed by atoms with Crippen LogP contribution in [0.1, 0.15) is 5.56 Å². The minimum atomic E-state index is 0.624. The van der Waals surface area contributed by atoms with Gasteiger partial charge in [-0.3, -0.25) is 9.38 Å². The van der Waals surface area contributed by atoms with Crippen molar-refractivity contribution in [2.45, 2.75) is 6.92 Å². The first-order valence-corrected chi connectivity index (χ1v) is 6.30. The van der Waals surface area contributed by atoms with Gasteiger partial charge in [-0.1, -0.05) is 0 Å². The van der Waals surface area contributed by atoms with Crippen LogP contribution in [0.15, 0.2) is 41.3 Å². The predicted molar refractivity (Wildman–Crippen MR) is 75.3 cm³/mol. The molecule has 0 radical (unpaired) electrons. The first-order chi connectivity index (χ1) is 8.66. The quantitative estimate of drug-likeness (QED) is 0.751. The van der Waals surface area contributed by atoms with Crippen LogP contribution in [-0.4, -0.2) is 14.4 Å². The fraction of sp³-hybridized carbons (Fsp3) is 0.0769. The lowest BCUT2D eigenvalue weighted by molar-refractivity contribution is 1.16. The molecule has 0 fully saturated rings. The largest absolute Gasteiger partial charge is 0.383 e. The number of pyridine rings is 2. The predicted octanol–water partition coefficient (Wildman–Crippen LogP) is 3.05. The molecule has 0 saturated carbocycles. The number of rotatable bonds is 1. The molecule has 0 aliphatic carbocycles. The summed E-state index contributed by atoms with van der Waals surface area (Å²) in [5.74, 6) is 0.624. The van der Waals surface area contributed by atoms with Gasteiger partial charge in [0.15, 0.2) is 0 Å². The Kier molecular flexibility index (Phi) is 2.56. The maximum Gasteiger partial charge on any atom is 0.139 e. The Morgan fingerprint density at radius 2 is 2.22 bits per heavy atom. The van der Waals surface area contributed by atoms with Crippen molar-refractivity contribution in [2.24, 2.45) is 0 Å². The van der Waals surface area contributed by atoms with Crippen LogP contribution in [-0.2, 0) is 0 Å². The van der Waals surface area contributed by atoms with Gasteiger partial charge in [-0.15, -0.1) is 0 Å². The Balaban J connectivity index is 2.30. The molecule has 0 aromatic carbocycles. The number of nitrogens with two attached hydrogens (primary N) is 1. The first kappa shape index (κ1) is 11.2. The molecule has 3 aromatic rings. The summed E-state index contributed by atoms with van der Waals surface area (Å²) < 4.78 is 2.89. The minimum absolute atomic E-state index is 0.624.